The molecule has 1 atom stereocenters. The van der Waals surface area contributed by atoms with Crippen molar-refractivity contribution < 1.29 is 4.74 Å². The van der Waals surface area contributed by atoms with Crippen LogP contribution in [0.1, 0.15) is 52.4 Å². The summed E-state index contributed by atoms with van der Waals surface area (Å²) in [6.45, 7) is 7.83. The lowest BCUT2D eigenvalue weighted by Crippen LogP contribution is -2.34. The molecule has 0 N–H and O–H groups in total. The van der Waals surface area contributed by atoms with Crippen molar-refractivity contribution in [3.63, 3.8) is 0 Å². The quantitative estimate of drug-likeness (QED) is 0.585. The van der Waals surface area contributed by atoms with Crippen LogP contribution in [-0.2, 0) is 4.74 Å². The van der Waals surface area contributed by atoms with Crippen LogP contribution >= 0.6 is 11.8 Å². The molecule has 1 rings (SSSR count). The van der Waals surface area contributed by atoms with Gasteiger partial charge in [0.1, 0.15) is 0 Å². The van der Waals surface area contributed by atoms with Crippen LogP contribution in [0.4, 0.5) is 0 Å². The molecule has 1 fully saturated rings. The van der Waals surface area contributed by atoms with Crippen molar-refractivity contribution in [2.75, 3.05) is 31.3 Å². The van der Waals surface area contributed by atoms with Crippen LogP contribution in [0.2, 0.25) is 0 Å². The number of piperidine rings is 1. The van der Waals surface area contributed by atoms with E-state index in [2.05, 4.69) is 18.7 Å². The van der Waals surface area contributed by atoms with E-state index < -0.39 is 0 Å². The Kier molecular flexibility index (Phi) is 9.21. The minimum atomic E-state index is 0.471. The Morgan fingerprint density at radius 1 is 1.12 bits per heavy atom. The van der Waals surface area contributed by atoms with Crippen molar-refractivity contribution in [3.8, 4) is 0 Å². The SMILES string of the molecule is CCCSCC(CCC)OCN1CCCCC1. The van der Waals surface area contributed by atoms with E-state index >= 15 is 0 Å². The largest absolute Gasteiger partial charge is 0.362 e. The summed E-state index contributed by atoms with van der Waals surface area (Å²) in [7, 11) is 0. The number of hydrogen-bond acceptors (Lipinski definition) is 3. The molecule has 1 saturated heterocycles. The van der Waals surface area contributed by atoms with Crippen LogP contribution in [0.25, 0.3) is 0 Å². The molecule has 0 spiro atoms. The average Bonchev–Trinajstić information content (AvgIpc) is 2.37. The number of hydrogen-bond donors (Lipinski definition) is 0. The first-order valence-corrected chi connectivity index (χ1v) is 8.44. The van der Waals surface area contributed by atoms with Gasteiger partial charge in [0.2, 0.25) is 0 Å². The standard InChI is InChI=1S/C14H29NOS/c1-3-8-14(12-17-11-4-2)16-13-15-9-6-5-7-10-15/h14H,3-13H2,1-2H3. The van der Waals surface area contributed by atoms with Gasteiger partial charge >= 0.3 is 0 Å². The van der Waals surface area contributed by atoms with Crippen molar-refractivity contribution in [2.24, 2.45) is 0 Å². The summed E-state index contributed by atoms with van der Waals surface area (Å²) in [5.41, 5.74) is 0. The Labute approximate surface area is 111 Å². The molecule has 0 aromatic rings. The zero-order valence-corrected chi connectivity index (χ0v) is 12.4. The topological polar surface area (TPSA) is 12.5 Å². The normalized spacial score (nSPS) is 19.4. The molecule has 0 saturated carbocycles. The van der Waals surface area contributed by atoms with Gasteiger partial charge in [0, 0.05) is 18.8 Å². The Hall–Kier alpha value is 0.270. The lowest BCUT2D eigenvalue weighted by atomic mass is 10.1. The molecule has 3 heteroatoms. The van der Waals surface area contributed by atoms with E-state index in [1.807, 2.05) is 11.8 Å². The summed E-state index contributed by atoms with van der Waals surface area (Å²) < 4.78 is 6.07. The molecule has 1 aliphatic heterocycles. The minimum Gasteiger partial charge on any atom is -0.362 e. The number of likely N-dealkylation sites (tertiary alicyclic amines) is 1. The Morgan fingerprint density at radius 2 is 1.88 bits per heavy atom. The van der Waals surface area contributed by atoms with Gasteiger partial charge in [0.25, 0.3) is 0 Å². The molecule has 0 aliphatic carbocycles. The molecular formula is C14H29NOS. The van der Waals surface area contributed by atoms with Gasteiger partial charge in [-0.1, -0.05) is 26.7 Å². The van der Waals surface area contributed by atoms with Crippen LogP contribution in [0, 0.1) is 0 Å². The van der Waals surface area contributed by atoms with E-state index in [1.165, 1.54) is 63.1 Å². The zero-order chi connectivity index (χ0) is 12.3. The predicted molar refractivity (Wildman–Crippen MR) is 77.7 cm³/mol. The first-order chi connectivity index (χ1) is 8.36. The maximum absolute atomic E-state index is 6.07. The molecule has 17 heavy (non-hydrogen) atoms. The second-order valence-corrected chi connectivity index (χ2v) is 6.11. The molecule has 2 nitrogen and oxygen atoms in total. The number of thioether (sulfide) groups is 1. The minimum absolute atomic E-state index is 0.471. The Bertz CT molecular complexity index is 172. The third-order valence-corrected chi connectivity index (χ3v) is 4.51. The van der Waals surface area contributed by atoms with Gasteiger partial charge in [-0.25, -0.2) is 0 Å². The first kappa shape index (κ1) is 15.3. The molecule has 1 unspecified atom stereocenters. The van der Waals surface area contributed by atoms with Gasteiger partial charge in [-0.05, 0) is 31.4 Å². The lowest BCUT2D eigenvalue weighted by molar-refractivity contribution is -0.0223. The maximum atomic E-state index is 6.07. The summed E-state index contributed by atoms with van der Waals surface area (Å²) >= 11 is 2.04. The summed E-state index contributed by atoms with van der Waals surface area (Å²) in [4.78, 5) is 2.47. The fraction of sp³-hybridized carbons (Fsp3) is 1.00. The predicted octanol–water partition coefficient (Wildman–Crippen LogP) is 3.76. The smallest absolute Gasteiger partial charge is 0.0994 e. The summed E-state index contributed by atoms with van der Waals surface area (Å²) in [6, 6.07) is 0. The molecular weight excluding hydrogens is 230 g/mol. The van der Waals surface area contributed by atoms with Crippen molar-refractivity contribution in [1.29, 1.82) is 0 Å². The van der Waals surface area contributed by atoms with E-state index in [0.29, 0.717) is 6.10 Å². The fourth-order valence-corrected chi connectivity index (χ4v) is 3.18. The summed E-state index contributed by atoms with van der Waals surface area (Å²) in [5, 5.41) is 0. The van der Waals surface area contributed by atoms with Gasteiger partial charge < -0.3 is 4.74 Å². The maximum Gasteiger partial charge on any atom is 0.0994 e. The van der Waals surface area contributed by atoms with Gasteiger partial charge in [-0.2, -0.15) is 11.8 Å². The highest BCUT2D eigenvalue weighted by Gasteiger charge is 2.13. The molecule has 0 amide bonds. The van der Waals surface area contributed by atoms with Crippen LogP contribution in [-0.4, -0.2) is 42.3 Å². The second-order valence-electron chi connectivity index (χ2n) is 4.96. The van der Waals surface area contributed by atoms with E-state index in [0.717, 1.165) is 6.73 Å². The zero-order valence-electron chi connectivity index (χ0n) is 11.6. The highest BCUT2D eigenvalue weighted by Crippen LogP contribution is 2.14. The third kappa shape index (κ3) is 7.32. The highest BCUT2D eigenvalue weighted by atomic mass is 32.2. The summed E-state index contributed by atoms with van der Waals surface area (Å²) in [5.74, 6) is 2.45. The van der Waals surface area contributed by atoms with Crippen LogP contribution in [0.5, 0.6) is 0 Å². The summed E-state index contributed by atoms with van der Waals surface area (Å²) in [6.07, 6.45) is 8.30. The van der Waals surface area contributed by atoms with E-state index in [-0.39, 0.29) is 0 Å². The van der Waals surface area contributed by atoms with Crippen molar-refractivity contribution in [3.05, 3.63) is 0 Å². The highest BCUT2D eigenvalue weighted by molar-refractivity contribution is 7.99. The van der Waals surface area contributed by atoms with Crippen LogP contribution in [0.3, 0.4) is 0 Å². The van der Waals surface area contributed by atoms with Gasteiger partial charge in [-0.15, -0.1) is 0 Å². The van der Waals surface area contributed by atoms with Gasteiger partial charge in [0.15, 0.2) is 0 Å². The molecule has 0 aromatic heterocycles. The van der Waals surface area contributed by atoms with Crippen LogP contribution in [0.15, 0.2) is 0 Å². The lowest BCUT2D eigenvalue weighted by Gasteiger charge is -2.28. The number of rotatable bonds is 9. The average molecular weight is 259 g/mol. The molecule has 0 aromatic carbocycles. The molecule has 0 bridgehead atoms. The van der Waals surface area contributed by atoms with Crippen molar-refractivity contribution >= 4 is 11.8 Å². The van der Waals surface area contributed by atoms with Gasteiger partial charge in [-0.3, -0.25) is 4.90 Å². The third-order valence-electron chi connectivity index (χ3n) is 3.20. The van der Waals surface area contributed by atoms with E-state index in [9.17, 15) is 0 Å². The Balaban J connectivity index is 2.13. The molecule has 1 heterocycles. The van der Waals surface area contributed by atoms with Crippen molar-refractivity contribution in [1.82, 2.24) is 4.90 Å². The second kappa shape index (κ2) is 10.2. The van der Waals surface area contributed by atoms with E-state index in [4.69, 9.17) is 4.74 Å². The van der Waals surface area contributed by atoms with Gasteiger partial charge in [0.05, 0.1) is 12.8 Å². The fourth-order valence-electron chi connectivity index (χ4n) is 2.20. The number of nitrogens with zero attached hydrogens (tertiary/aromatic N) is 1. The number of ether oxygens (including phenoxy) is 1. The van der Waals surface area contributed by atoms with E-state index in [1.54, 1.807) is 0 Å². The first-order valence-electron chi connectivity index (χ1n) is 7.28. The Morgan fingerprint density at radius 3 is 2.53 bits per heavy atom. The monoisotopic (exact) mass is 259 g/mol. The molecule has 1 aliphatic rings. The van der Waals surface area contributed by atoms with Crippen molar-refractivity contribution in [2.45, 2.75) is 58.5 Å². The van der Waals surface area contributed by atoms with Crippen LogP contribution < -0.4 is 0 Å². The molecule has 0 radical (unpaired) electrons. The molecule has 102 valence electrons.